The maximum atomic E-state index is 11.1. The molecule has 0 aliphatic carbocycles. The van der Waals surface area contributed by atoms with E-state index in [4.69, 9.17) is 0 Å². The molecule has 0 aromatic rings. The summed E-state index contributed by atoms with van der Waals surface area (Å²) in [4.78, 5) is 13.5. The number of rotatable bonds is 2. The number of likely N-dealkylation sites (tertiary alicyclic amines) is 1. The third kappa shape index (κ3) is 2.31. The van der Waals surface area contributed by atoms with E-state index < -0.39 is 0 Å². The lowest BCUT2D eigenvalue weighted by Gasteiger charge is -2.34. The second-order valence-corrected chi connectivity index (χ2v) is 4.04. The fourth-order valence-electron chi connectivity index (χ4n) is 1.81. The fraction of sp³-hybridized carbons (Fsp3) is 0.900. The Hall–Kier alpha value is -0.370. The summed E-state index contributed by atoms with van der Waals surface area (Å²) in [7, 11) is 0. The molecule has 1 heterocycles. The monoisotopic (exact) mass is 169 g/mol. The molecule has 0 saturated carbocycles. The van der Waals surface area contributed by atoms with Crippen LogP contribution in [-0.2, 0) is 4.79 Å². The summed E-state index contributed by atoms with van der Waals surface area (Å²) < 4.78 is 0. The van der Waals surface area contributed by atoms with Gasteiger partial charge in [0.1, 0.15) is 5.78 Å². The van der Waals surface area contributed by atoms with Crippen molar-refractivity contribution in [3.63, 3.8) is 0 Å². The number of Topliss-reactive ketones (excluding diaryl/α,β-unsaturated/α-hetero) is 1. The molecule has 70 valence electrons. The average Bonchev–Trinajstić information content (AvgIpc) is 2.04. The zero-order chi connectivity index (χ0) is 9.14. The number of ketones is 1. The number of hydrogen-bond acceptors (Lipinski definition) is 2. The molecule has 1 atom stereocenters. The van der Waals surface area contributed by atoms with Crippen LogP contribution in [0.4, 0.5) is 0 Å². The maximum absolute atomic E-state index is 11.1. The van der Waals surface area contributed by atoms with Gasteiger partial charge in [-0.05, 0) is 40.2 Å². The first-order valence-corrected chi connectivity index (χ1v) is 4.85. The van der Waals surface area contributed by atoms with Crippen molar-refractivity contribution >= 4 is 5.78 Å². The Balaban J connectivity index is 2.46. The molecule has 12 heavy (non-hydrogen) atoms. The minimum Gasteiger partial charge on any atom is -0.300 e. The van der Waals surface area contributed by atoms with Crippen LogP contribution in [0.15, 0.2) is 0 Å². The molecule has 1 aliphatic rings. The van der Waals surface area contributed by atoms with Crippen LogP contribution in [0.2, 0.25) is 0 Å². The average molecular weight is 169 g/mol. The minimum absolute atomic E-state index is 0.307. The van der Waals surface area contributed by atoms with Crippen LogP contribution in [0.3, 0.4) is 0 Å². The first kappa shape index (κ1) is 9.72. The van der Waals surface area contributed by atoms with Gasteiger partial charge in [0.25, 0.3) is 0 Å². The fourth-order valence-corrected chi connectivity index (χ4v) is 1.81. The molecule has 1 rings (SSSR count). The highest BCUT2D eigenvalue weighted by molar-refractivity contribution is 5.78. The predicted molar refractivity (Wildman–Crippen MR) is 50.1 cm³/mol. The molecule has 0 bridgehead atoms. The summed E-state index contributed by atoms with van der Waals surface area (Å²) in [5.74, 6) is 0.668. The van der Waals surface area contributed by atoms with Crippen molar-refractivity contribution in [3.05, 3.63) is 0 Å². The maximum Gasteiger partial charge on any atom is 0.134 e. The Morgan fingerprint density at radius 2 is 2.17 bits per heavy atom. The predicted octanol–water partition coefficient (Wildman–Crippen LogP) is 1.70. The third-order valence-electron chi connectivity index (χ3n) is 2.76. The van der Waals surface area contributed by atoms with E-state index >= 15 is 0 Å². The molecule has 0 aromatic heterocycles. The normalized spacial score (nSPS) is 26.2. The molecule has 0 aromatic carbocycles. The Morgan fingerprint density at radius 3 is 2.67 bits per heavy atom. The Labute approximate surface area is 74.9 Å². The van der Waals surface area contributed by atoms with Crippen molar-refractivity contribution < 1.29 is 4.79 Å². The molecule has 0 radical (unpaired) electrons. The van der Waals surface area contributed by atoms with E-state index in [9.17, 15) is 4.79 Å². The summed E-state index contributed by atoms with van der Waals surface area (Å²) in [5.41, 5.74) is 0. The quantitative estimate of drug-likeness (QED) is 0.627. The van der Waals surface area contributed by atoms with E-state index in [1.807, 2.05) is 0 Å². The van der Waals surface area contributed by atoms with Gasteiger partial charge in [0.15, 0.2) is 0 Å². The second kappa shape index (κ2) is 4.04. The summed E-state index contributed by atoms with van der Waals surface area (Å²) in [6.45, 7) is 8.26. The van der Waals surface area contributed by atoms with Gasteiger partial charge in [-0.1, -0.05) is 0 Å². The lowest BCUT2D eigenvalue weighted by Crippen LogP contribution is -2.41. The molecule has 0 N–H and O–H groups in total. The summed E-state index contributed by atoms with van der Waals surface area (Å²) in [5, 5.41) is 0. The zero-order valence-electron chi connectivity index (χ0n) is 8.34. The van der Waals surface area contributed by atoms with Crippen LogP contribution in [0.5, 0.6) is 0 Å². The lowest BCUT2D eigenvalue weighted by molar-refractivity contribution is -0.122. The minimum atomic E-state index is 0.307. The molecule has 1 fully saturated rings. The number of carbonyl (C=O) groups excluding carboxylic acids is 1. The zero-order valence-corrected chi connectivity index (χ0v) is 8.34. The van der Waals surface area contributed by atoms with Crippen molar-refractivity contribution in [2.75, 3.05) is 13.1 Å². The summed E-state index contributed by atoms with van der Waals surface area (Å²) in [6.07, 6.45) is 2.28. The Kier molecular flexibility index (Phi) is 3.27. The van der Waals surface area contributed by atoms with E-state index in [0.717, 1.165) is 13.0 Å². The van der Waals surface area contributed by atoms with Gasteiger partial charge >= 0.3 is 0 Å². The SMILES string of the molecule is CC(=O)C1CCCN(C(C)C)C1. The van der Waals surface area contributed by atoms with Crippen molar-refractivity contribution in [3.8, 4) is 0 Å². The molecule has 1 aliphatic heterocycles. The van der Waals surface area contributed by atoms with Crippen LogP contribution in [-0.4, -0.2) is 29.8 Å². The van der Waals surface area contributed by atoms with E-state index in [1.165, 1.54) is 13.0 Å². The van der Waals surface area contributed by atoms with Crippen molar-refractivity contribution in [1.29, 1.82) is 0 Å². The highest BCUT2D eigenvalue weighted by Crippen LogP contribution is 2.18. The number of nitrogens with zero attached hydrogens (tertiary/aromatic N) is 1. The second-order valence-electron chi connectivity index (χ2n) is 4.04. The molecule has 0 amide bonds. The van der Waals surface area contributed by atoms with Crippen LogP contribution < -0.4 is 0 Å². The highest BCUT2D eigenvalue weighted by atomic mass is 16.1. The molecular formula is C10H19NO. The van der Waals surface area contributed by atoms with E-state index in [-0.39, 0.29) is 0 Å². The van der Waals surface area contributed by atoms with Crippen LogP contribution >= 0.6 is 0 Å². The molecular weight excluding hydrogens is 150 g/mol. The van der Waals surface area contributed by atoms with Gasteiger partial charge in [-0.3, -0.25) is 4.79 Å². The first-order valence-electron chi connectivity index (χ1n) is 4.85. The van der Waals surface area contributed by atoms with Gasteiger partial charge in [0.2, 0.25) is 0 Å². The van der Waals surface area contributed by atoms with Gasteiger partial charge in [0, 0.05) is 18.5 Å². The number of carbonyl (C=O) groups is 1. The highest BCUT2D eigenvalue weighted by Gasteiger charge is 2.24. The topological polar surface area (TPSA) is 20.3 Å². The lowest BCUT2D eigenvalue weighted by atomic mass is 9.94. The van der Waals surface area contributed by atoms with Gasteiger partial charge in [-0.15, -0.1) is 0 Å². The molecule has 1 saturated heterocycles. The Morgan fingerprint density at radius 1 is 1.50 bits per heavy atom. The summed E-state index contributed by atoms with van der Waals surface area (Å²) in [6, 6.07) is 0.590. The smallest absolute Gasteiger partial charge is 0.134 e. The van der Waals surface area contributed by atoms with Crippen molar-refractivity contribution in [1.82, 2.24) is 4.90 Å². The molecule has 2 heteroatoms. The number of piperidine rings is 1. The van der Waals surface area contributed by atoms with Crippen LogP contribution in [0.1, 0.15) is 33.6 Å². The van der Waals surface area contributed by atoms with Gasteiger partial charge in [-0.25, -0.2) is 0 Å². The van der Waals surface area contributed by atoms with Gasteiger partial charge in [-0.2, -0.15) is 0 Å². The third-order valence-corrected chi connectivity index (χ3v) is 2.76. The number of hydrogen-bond donors (Lipinski definition) is 0. The van der Waals surface area contributed by atoms with Crippen molar-refractivity contribution in [2.24, 2.45) is 5.92 Å². The standard InChI is InChI=1S/C10H19NO/c1-8(2)11-6-4-5-10(7-11)9(3)12/h8,10H,4-7H2,1-3H3. The largest absolute Gasteiger partial charge is 0.300 e. The first-order chi connectivity index (χ1) is 5.61. The van der Waals surface area contributed by atoms with E-state index in [2.05, 4.69) is 18.7 Å². The molecule has 2 nitrogen and oxygen atoms in total. The molecule has 1 unspecified atom stereocenters. The van der Waals surface area contributed by atoms with Gasteiger partial charge in [0.05, 0.1) is 0 Å². The van der Waals surface area contributed by atoms with E-state index in [0.29, 0.717) is 17.7 Å². The summed E-state index contributed by atoms with van der Waals surface area (Å²) >= 11 is 0. The molecule has 0 spiro atoms. The van der Waals surface area contributed by atoms with Crippen LogP contribution in [0, 0.1) is 5.92 Å². The van der Waals surface area contributed by atoms with Gasteiger partial charge < -0.3 is 4.90 Å². The van der Waals surface area contributed by atoms with Crippen LogP contribution in [0.25, 0.3) is 0 Å². The Bertz CT molecular complexity index is 165. The van der Waals surface area contributed by atoms with E-state index in [1.54, 1.807) is 6.92 Å². The van der Waals surface area contributed by atoms with Crippen molar-refractivity contribution in [2.45, 2.75) is 39.7 Å².